The highest BCUT2D eigenvalue weighted by Crippen LogP contribution is 2.45. The van der Waals surface area contributed by atoms with Crippen LogP contribution in [0.25, 0.3) is 20.5 Å². The van der Waals surface area contributed by atoms with Crippen LogP contribution in [0.4, 0.5) is 0 Å². The van der Waals surface area contributed by atoms with Crippen molar-refractivity contribution in [2.24, 2.45) is 0 Å². The summed E-state index contributed by atoms with van der Waals surface area (Å²) in [5.41, 5.74) is 0.998. The minimum Gasteiger partial charge on any atom is -0.506 e. The lowest BCUT2D eigenvalue weighted by atomic mass is 10.1. The van der Waals surface area contributed by atoms with Gasteiger partial charge in [0.25, 0.3) is 0 Å². The van der Waals surface area contributed by atoms with Crippen molar-refractivity contribution >= 4 is 21.4 Å². The highest BCUT2D eigenvalue weighted by atomic mass is 32.1. The molecule has 0 aliphatic carbocycles. The van der Waals surface area contributed by atoms with Gasteiger partial charge in [0, 0.05) is 11.6 Å². The topological polar surface area (TPSA) is 42.4 Å². The van der Waals surface area contributed by atoms with E-state index in [0.29, 0.717) is 11.6 Å². The molecule has 0 radical (unpaired) electrons. The summed E-state index contributed by atoms with van der Waals surface area (Å²) in [7, 11) is 1.58. The van der Waals surface area contributed by atoms with Crippen molar-refractivity contribution in [3.05, 3.63) is 42.6 Å². The second-order valence-electron chi connectivity index (χ2n) is 3.84. The molecule has 0 aliphatic rings. The predicted octanol–water partition coefficient (Wildman–Crippen LogP) is 3.68. The molecule has 2 heterocycles. The van der Waals surface area contributed by atoms with E-state index in [2.05, 4.69) is 4.98 Å². The first kappa shape index (κ1) is 11.0. The minimum atomic E-state index is 0.293. The van der Waals surface area contributed by atoms with Gasteiger partial charge in [-0.1, -0.05) is 30.3 Å². The number of benzene rings is 1. The molecular formula is C14H11NO2S. The number of aromatic hydroxyl groups is 1. The number of hydrogen-bond acceptors (Lipinski definition) is 4. The first-order valence-electron chi connectivity index (χ1n) is 5.51. The Hall–Kier alpha value is -2.07. The summed E-state index contributed by atoms with van der Waals surface area (Å²) in [6.45, 7) is 0. The summed E-state index contributed by atoms with van der Waals surface area (Å²) in [4.78, 5) is 4.99. The van der Waals surface area contributed by atoms with Crippen molar-refractivity contribution in [3.63, 3.8) is 0 Å². The summed E-state index contributed by atoms with van der Waals surface area (Å²) in [5.74, 6) is 0.844. The molecule has 1 N–H and O–H groups in total. The van der Waals surface area contributed by atoms with E-state index in [1.165, 1.54) is 11.3 Å². The van der Waals surface area contributed by atoms with Crippen molar-refractivity contribution in [2.45, 2.75) is 0 Å². The first-order valence-corrected chi connectivity index (χ1v) is 6.33. The quantitative estimate of drug-likeness (QED) is 0.761. The normalized spacial score (nSPS) is 10.7. The highest BCUT2D eigenvalue weighted by Gasteiger charge is 2.16. The molecule has 0 saturated carbocycles. The Morgan fingerprint density at radius 3 is 2.67 bits per heavy atom. The monoisotopic (exact) mass is 257 g/mol. The number of thiophene rings is 1. The van der Waals surface area contributed by atoms with Crippen LogP contribution in [0.1, 0.15) is 0 Å². The number of hydrogen-bond donors (Lipinski definition) is 1. The van der Waals surface area contributed by atoms with Crippen molar-refractivity contribution in [1.29, 1.82) is 0 Å². The fraction of sp³-hybridized carbons (Fsp3) is 0.0714. The molecule has 0 atom stereocenters. The van der Waals surface area contributed by atoms with E-state index in [9.17, 15) is 5.11 Å². The number of ether oxygens (including phenoxy) is 1. The number of nitrogens with zero attached hydrogens (tertiary/aromatic N) is 1. The Labute approximate surface area is 108 Å². The lowest BCUT2D eigenvalue weighted by Gasteiger charge is -1.98. The molecule has 0 saturated heterocycles. The molecule has 90 valence electrons. The average Bonchev–Trinajstić information content (AvgIpc) is 2.77. The summed E-state index contributed by atoms with van der Waals surface area (Å²) in [5, 5.41) is 11.1. The SMILES string of the molecule is COc1nccc2c(O)c(-c3ccccc3)sc12. The van der Waals surface area contributed by atoms with Crippen LogP contribution >= 0.6 is 11.3 Å². The largest absolute Gasteiger partial charge is 0.506 e. The van der Waals surface area contributed by atoms with Gasteiger partial charge in [-0.05, 0) is 11.6 Å². The lowest BCUT2D eigenvalue weighted by molar-refractivity contribution is 0.404. The van der Waals surface area contributed by atoms with Crippen molar-refractivity contribution < 1.29 is 9.84 Å². The van der Waals surface area contributed by atoms with E-state index in [1.807, 2.05) is 30.3 Å². The number of fused-ring (bicyclic) bond motifs is 1. The Kier molecular flexibility index (Phi) is 2.64. The zero-order valence-corrected chi connectivity index (χ0v) is 10.6. The van der Waals surface area contributed by atoms with Crippen molar-refractivity contribution in [3.8, 4) is 22.1 Å². The van der Waals surface area contributed by atoms with Crippen LogP contribution in [-0.4, -0.2) is 17.2 Å². The Bertz CT molecular complexity index is 692. The van der Waals surface area contributed by atoms with Crippen LogP contribution in [0.2, 0.25) is 0 Å². The summed E-state index contributed by atoms with van der Waals surface area (Å²) in [6.07, 6.45) is 1.64. The van der Waals surface area contributed by atoms with E-state index >= 15 is 0 Å². The van der Waals surface area contributed by atoms with Gasteiger partial charge in [-0.3, -0.25) is 0 Å². The summed E-state index contributed by atoms with van der Waals surface area (Å²) >= 11 is 1.49. The summed E-state index contributed by atoms with van der Waals surface area (Å²) in [6, 6.07) is 11.6. The molecule has 0 aliphatic heterocycles. The van der Waals surface area contributed by atoms with Gasteiger partial charge in [-0.25, -0.2) is 4.98 Å². The smallest absolute Gasteiger partial charge is 0.231 e. The van der Waals surface area contributed by atoms with E-state index in [0.717, 1.165) is 20.5 Å². The molecular weight excluding hydrogens is 246 g/mol. The third kappa shape index (κ3) is 1.62. The Morgan fingerprint density at radius 1 is 1.17 bits per heavy atom. The molecule has 1 aromatic carbocycles. The Balaban J connectivity index is 2.29. The zero-order valence-electron chi connectivity index (χ0n) is 9.75. The maximum atomic E-state index is 10.3. The van der Waals surface area contributed by atoms with Crippen LogP contribution in [0, 0.1) is 0 Å². The van der Waals surface area contributed by atoms with E-state index in [-0.39, 0.29) is 0 Å². The molecule has 3 rings (SSSR count). The van der Waals surface area contributed by atoms with Gasteiger partial charge in [0.15, 0.2) is 0 Å². The minimum absolute atomic E-state index is 0.293. The van der Waals surface area contributed by atoms with Crippen LogP contribution < -0.4 is 4.74 Å². The molecule has 3 nitrogen and oxygen atoms in total. The van der Waals surface area contributed by atoms with Crippen LogP contribution in [-0.2, 0) is 0 Å². The van der Waals surface area contributed by atoms with Gasteiger partial charge >= 0.3 is 0 Å². The number of rotatable bonds is 2. The van der Waals surface area contributed by atoms with Gasteiger partial charge in [0.2, 0.25) is 5.88 Å². The number of pyridine rings is 1. The molecule has 0 amide bonds. The first-order chi connectivity index (χ1) is 8.81. The van der Waals surface area contributed by atoms with Crippen molar-refractivity contribution in [1.82, 2.24) is 4.98 Å². The van der Waals surface area contributed by atoms with Crippen LogP contribution in [0.3, 0.4) is 0 Å². The van der Waals surface area contributed by atoms with E-state index in [1.54, 1.807) is 19.4 Å². The van der Waals surface area contributed by atoms with Gasteiger partial charge in [0.05, 0.1) is 12.0 Å². The average molecular weight is 257 g/mol. The van der Waals surface area contributed by atoms with E-state index < -0.39 is 0 Å². The molecule has 2 aromatic heterocycles. The Morgan fingerprint density at radius 2 is 1.94 bits per heavy atom. The van der Waals surface area contributed by atoms with Gasteiger partial charge in [-0.15, -0.1) is 11.3 Å². The lowest BCUT2D eigenvalue weighted by Crippen LogP contribution is -1.85. The molecule has 0 fully saturated rings. The number of methoxy groups -OCH3 is 1. The van der Waals surface area contributed by atoms with Gasteiger partial charge in [-0.2, -0.15) is 0 Å². The highest BCUT2D eigenvalue weighted by molar-refractivity contribution is 7.23. The molecule has 0 unspecified atom stereocenters. The second kappa shape index (κ2) is 4.31. The number of aromatic nitrogens is 1. The molecule has 18 heavy (non-hydrogen) atoms. The van der Waals surface area contributed by atoms with Gasteiger partial charge < -0.3 is 9.84 Å². The van der Waals surface area contributed by atoms with Gasteiger partial charge in [0.1, 0.15) is 10.4 Å². The fourth-order valence-electron chi connectivity index (χ4n) is 1.92. The third-order valence-electron chi connectivity index (χ3n) is 2.78. The van der Waals surface area contributed by atoms with Crippen molar-refractivity contribution in [2.75, 3.05) is 7.11 Å². The molecule has 4 heteroatoms. The van der Waals surface area contributed by atoms with Crippen LogP contribution in [0.15, 0.2) is 42.6 Å². The maximum absolute atomic E-state index is 10.3. The third-order valence-corrected chi connectivity index (χ3v) is 4.01. The predicted molar refractivity (Wildman–Crippen MR) is 73.3 cm³/mol. The standard InChI is InChI=1S/C14H11NO2S/c1-17-14-13-10(7-8-15-14)11(16)12(18-13)9-5-3-2-4-6-9/h2-8,16H,1H3. The van der Waals surface area contributed by atoms with Crippen LogP contribution in [0.5, 0.6) is 11.6 Å². The second-order valence-corrected chi connectivity index (χ2v) is 4.86. The molecule has 3 aromatic rings. The summed E-state index contributed by atoms with van der Waals surface area (Å²) < 4.78 is 6.09. The maximum Gasteiger partial charge on any atom is 0.231 e. The molecule has 0 spiro atoms. The fourth-order valence-corrected chi connectivity index (χ4v) is 3.08. The molecule has 0 bridgehead atoms. The van der Waals surface area contributed by atoms with E-state index in [4.69, 9.17) is 4.74 Å². The zero-order chi connectivity index (χ0) is 12.5.